The molecule has 0 radical (unpaired) electrons. The van der Waals surface area contributed by atoms with Crippen LogP contribution in [-0.2, 0) is 7.05 Å². The van der Waals surface area contributed by atoms with Gasteiger partial charge in [0.25, 0.3) is 0 Å². The van der Waals surface area contributed by atoms with Crippen molar-refractivity contribution in [3.05, 3.63) is 66.3 Å². The quantitative estimate of drug-likeness (QED) is 0.353. The number of nitrogens with one attached hydrogen (secondary N) is 1. The van der Waals surface area contributed by atoms with Crippen LogP contribution in [0.3, 0.4) is 0 Å². The highest BCUT2D eigenvalue weighted by molar-refractivity contribution is 5.91. The molecule has 5 aromatic rings. The lowest BCUT2D eigenvalue weighted by Crippen LogP contribution is -1.98. The normalized spacial score (nSPS) is 11.1. The molecule has 34 heavy (non-hydrogen) atoms. The third-order valence-corrected chi connectivity index (χ3v) is 5.68. The Kier molecular flexibility index (Phi) is 5.41. The maximum Gasteiger partial charge on any atom is 0.191 e. The predicted octanol–water partition coefficient (Wildman–Crippen LogP) is 5.67. The summed E-state index contributed by atoms with van der Waals surface area (Å²) in [5.41, 5.74) is 5.26. The van der Waals surface area contributed by atoms with Crippen LogP contribution in [0, 0.1) is 13.8 Å². The Labute approximate surface area is 197 Å². The van der Waals surface area contributed by atoms with Crippen LogP contribution in [0.1, 0.15) is 11.6 Å². The van der Waals surface area contributed by atoms with E-state index in [-0.39, 0.29) is 0 Å². The van der Waals surface area contributed by atoms with Gasteiger partial charge >= 0.3 is 0 Å². The Morgan fingerprint density at radius 3 is 2.56 bits per heavy atom. The predicted molar refractivity (Wildman–Crippen MR) is 132 cm³/mol. The van der Waals surface area contributed by atoms with E-state index in [4.69, 9.17) is 23.9 Å². The van der Waals surface area contributed by atoms with Crippen molar-refractivity contribution in [1.29, 1.82) is 0 Å². The van der Waals surface area contributed by atoms with Crippen molar-refractivity contribution in [2.75, 3.05) is 19.5 Å². The number of oxazole rings is 1. The van der Waals surface area contributed by atoms with Gasteiger partial charge in [0.2, 0.25) is 0 Å². The number of aromatic nitrogens is 4. The number of hydrogen-bond donors (Lipinski definition) is 1. The number of fused-ring (bicyclic) bond motifs is 1. The molecule has 2 aromatic carbocycles. The first kappa shape index (κ1) is 21.5. The topological polar surface area (TPSA) is 87.2 Å². The minimum absolute atomic E-state index is 0.604. The van der Waals surface area contributed by atoms with Gasteiger partial charge in [-0.3, -0.25) is 0 Å². The van der Waals surface area contributed by atoms with Crippen LogP contribution < -0.4 is 14.8 Å². The first-order valence-electron chi connectivity index (χ1n) is 10.8. The highest BCUT2D eigenvalue weighted by atomic mass is 16.5. The standard InChI is InChI=1S/C26H25N5O3/c1-15-11-21-24(30-26(31(21)3)17-7-6-8-19(12-17)32-4)25(28-15)29-18-9-10-20(22(13-18)33-5)23-14-27-16(2)34-23/h6-14H,1-5H3,(H,28,29). The van der Waals surface area contributed by atoms with E-state index in [0.29, 0.717) is 23.2 Å². The molecule has 0 unspecified atom stereocenters. The molecule has 0 bridgehead atoms. The van der Waals surface area contributed by atoms with Crippen LogP contribution in [0.25, 0.3) is 33.7 Å². The molecule has 172 valence electrons. The molecule has 3 heterocycles. The summed E-state index contributed by atoms with van der Waals surface area (Å²) in [4.78, 5) is 13.9. The third kappa shape index (κ3) is 3.83. The number of hydrogen-bond acceptors (Lipinski definition) is 7. The van der Waals surface area contributed by atoms with Gasteiger partial charge in [-0.05, 0) is 37.3 Å². The van der Waals surface area contributed by atoms with E-state index in [1.54, 1.807) is 20.4 Å². The lowest BCUT2D eigenvalue weighted by molar-refractivity contribution is 0.414. The highest BCUT2D eigenvalue weighted by Gasteiger charge is 2.17. The Morgan fingerprint density at radius 2 is 1.82 bits per heavy atom. The zero-order chi connectivity index (χ0) is 23.8. The average Bonchev–Trinajstić information content (AvgIpc) is 3.42. The second-order valence-corrected chi connectivity index (χ2v) is 7.99. The van der Waals surface area contributed by atoms with Gasteiger partial charge in [-0.15, -0.1) is 0 Å². The van der Waals surface area contributed by atoms with Gasteiger partial charge in [0.05, 0.1) is 31.5 Å². The molecule has 0 amide bonds. The second kappa shape index (κ2) is 8.55. The largest absolute Gasteiger partial charge is 0.497 e. The highest BCUT2D eigenvalue weighted by Crippen LogP contribution is 2.35. The lowest BCUT2D eigenvalue weighted by atomic mass is 10.1. The van der Waals surface area contributed by atoms with Crippen molar-refractivity contribution in [2.24, 2.45) is 7.05 Å². The monoisotopic (exact) mass is 455 g/mol. The van der Waals surface area contributed by atoms with Crippen LogP contribution >= 0.6 is 0 Å². The summed E-state index contributed by atoms with van der Waals surface area (Å²) < 4.78 is 18.8. The van der Waals surface area contributed by atoms with Gasteiger partial charge in [-0.1, -0.05) is 12.1 Å². The third-order valence-electron chi connectivity index (χ3n) is 5.68. The molecular formula is C26H25N5O3. The lowest BCUT2D eigenvalue weighted by Gasteiger charge is -2.11. The Hall–Kier alpha value is -4.33. The van der Waals surface area contributed by atoms with E-state index >= 15 is 0 Å². The maximum absolute atomic E-state index is 5.67. The van der Waals surface area contributed by atoms with Crippen molar-refractivity contribution < 1.29 is 13.9 Å². The molecule has 0 atom stereocenters. The minimum atomic E-state index is 0.604. The van der Waals surface area contributed by atoms with E-state index in [2.05, 4.69) is 14.9 Å². The van der Waals surface area contributed by atoms with E-state index in [1.807, 2.05) is 69.4 Å². The van der Waals surface area contributed by atoms with Crippen molar-refractivity contribution in [3.8, 4) is 34.2 Å². The first-order valence-corrected chi connectivity index (χ1v) is 10.8. The van der Waals surface area contributed by atoms with E-state index in [1.165, 1.54) is 0 Å². The minimum Gasteiger partial charge on any atom is -0.497 e. The molecule has 0 aliphatic carbocycles. The summed E-state index contributed by atoms with van der Waals surface area (Å²) in [5.74, 6) is 4.22. The fourth-order valence-corrected chi connectivity index (χ4v) is 4.01. The van der Waals surface area contributed by atoms with Crippen LogP contribution in [-0.4, -0.2) is 33.7 Å². The molecule has 0 saturated heterocycles. The molecular weight excluding hydrogens is 430 g/mol. The number of nitrogens with zero attached hydrogens (tertiary/aromatic N) is 4. The van der Waals surface area contributed by atoms with Crippen molar-refractivity contribution >= 4 is 22.5 Å². The second-order valence-electron chi connectivity index (χ2n) is 7.99. The molecule has 0 fully saturated rings. The summed E-state index contributed by atoms with van der Waals surface area (Å²) in [6, 6.07) is 15.7. The summed E-state index contributed by atoms with van der Waals surface area (Å²) in [6.45, 7) is 3.78. The molecule has 5 rings (SSSR count). The maximum atomic E-state index is 5.67. The number of anilines is 2. The molecule has 0 saturated carbocycles. The fourth-order valence-electron chi connectivity index (χ4n) is 4.01. The molecule has 0 spiro atoms. The van der Waals surface area contributed by atoms with E-state index in [9.17, 15) is 0 Å². The van der Waals surface area contributed by atoms with Crippen molar-refractivity contribution in [1.82, 2.24) is 19.5 Å². The number of benzene rings is 2. The Morgan fingerprint density at radius 1 is 0.971 bits per heavy atom. The number of methoxy groups -OCH3 is 2. The average molecular weight is 456 g/mol. The number of aryl methyl sites for hydroxylation is 3. The smallest absolute Gasteiger partial charge is 0.191 e. The van der Waals surface area contributed by atoms with Gasteiger partial charge in [0, 0.05) is 37.0 Å². The fraction of sp³-hybridized carbons (Fsp3) is 0.192. The summed E-state index contributed by atoms with van der Waals surface area (Å²) in [5, 5.41) is 3.42. The van der Waals surface area contributed by atoms with Gasteiger partial charge in [-0.2, -0.15) is 0 Å². The van der Waals surface area contributed by atoms with Crippen LogP contribution in [0.5, 0.6) is 11.5 Å². The van der Waals surface area contributed by atoms with E-state index < -0.39 is 0 Å². The summed E-state index contributed by atoms with van der Waals surface area (Å²) in [7, 11) is 5.30. The molecule has 0 aliphatic rings. The number of imidazole rings is 1. The van der Waals surface area contributed by atoms with Gasteiger partial charge in [0.1, 0.15) is 22.8 Å². The van der Waals surface area contributed by atoms with Gasteiger partial charge in [0.15, 0.2) is 17.5 Å². The molecule has 1 N–H and O–H groups in total. The van der Waals surface area contributed by atoms with Crippen molar-refractivity contribution in [2.45, 2.75) is 13.8 Å². The molecule has 3 aromatic heterocycles. The summed E-state index contributed by atoms with van der Waals surface area (Å²) >= 11 is 0. The van der Waals surface area contributed by atoms with Gasteiger partial charge < -0.3 is 23.8 Å². The van der Waals surface area contributed by atoms with Crippen LogP contribution in [0.4, 0.5) is 11.5 Å². The Bertz CT molecular complexity index is 1500. The van der Waals surface area contributed by atoms with E-state index in [0.717, 1.165) is 45.1 Å². The SMILES string of the molecule is COc1cccc(-c2nc3c(Nc4ccc(-c5cnc(C)o5)c(OC)c4)nc(C)cc3n2C)c1. The molecule has 0 aliphatic heterocycles. The Balaban J connectivity index is 1.56. The van der Waals surface area contributed by atoms with Crippen LogP contribution in [0.2, 0.25) is 0 Å². The molecule has 8 nitrogen and oxygen atoms in total. The van der Waals surface area contributed by atoms with Crippen molar-refractivity contribution in [3.63, 3.8) is 0 Å². The van der Waals surface area contributed by atoms with Gasteiger partial charge in [-0.25, -0.2) is 15.0 Å². The first-order chi connectivity index (χ1) is 16.5. The zero-order valence-corrected chi connectivity index (χ0v) is 19.7. The molecule has 8 heteroatoms. The number of pyridine rings is 1. The summed E-state index contributed by atoms with van der Waals surface area (Å²) in [6.07, 6.45) is 1.69. The zero-order valence-electron chi connectivity index (χ0n) is 19.7. The number of rotatable bonds is 6. The van der Waals surface area contributed by atoms with Crippen LogP contribution in [0.15, 0.2) is 59.1 Å². The number of ether oxygens (including phenoxy) is 2.